The number of hydrogen-bond donors (Lipinski definition) is 1. The summed E-state index contributed by atoms with van der Waals surface area (Å²) in [4.78, 5) is 8.39. The van der Waals surface area contributed by atoms with Gasteiger partial charge in [0.25, 0.3) is 5.78 Å². The Bertz CT molecular complexity index is 496. The van der Waals surface area contributed by atoms with E-state index < -0.39 is 0 Å². The van der Waals surface area contributed by atoms with Crippen molar-refractivity contribution in [2.75, 3.05) is 25.6 Å². The summed E-state index contributed by atoms with van der Waals surface area (Å²) < 4.78 is 6.74. The Kier molecular flexibility index (Phi) is 4.46. The first-order valence-electron chi connectivity index (χ1n) is 6.21. The molecule has 0 aliphatic rings. The van der Waals surface area contributed by atoms with Crippen molar-refractivity contribution in [1.82, 2.24) is 19.6 Å². The highest BCUT2D eigenvalue weighted by atomic mass is 16.5. The van der Waals surface area contributed by atoms with E-state index in [1.165, 1.54) is 6.33 Å². The molecule has 0 aromatic carbocycles. The lowest BCUT2D eigenvalue weighted by molar-refractivity contribution is 0.192. The summed E-state index contributed by atoms with van der Waals surface area (Å²) in [6.45, 7) is 3.71. The molecule has 2 rings (SSSR count). The van der Waals surface area contributed by atoms with Crippen LogP contribution in [0.25, 0.3) is 5.78 Å². The minimum Gasteiger partial charge on any atom is -0.385 e. The summed E-state index contributed by atoms with van der Waals surface area (Å²) in [5.74, 6) is 1.58. The number of aromatic nitrogens is 4. The van der Waals surface area contributed by atoms with Crippen LogP contribution >= 0.6 is 0 Å². The lowest BCUT2D eigenvalue weighted by Crippen LogP contribution is -2.08. The van der Waals surface area contributed by atoms with E-state index >= 15 is 0 Å². The first-order valence-corrected chi connectivity index (χ1v) is 6.21. The zero-order valence-electron chi connectivity index (χ0n) is 10.9. The molecule has 0 aliphatic carbocycles. The van der Waals surface area contributed by atoms with E-state index in [9.17, 15) is 0 Å². The molecule has 0 spiro atoms. The zero-order valence-corrected chi connectivity index (χ0v) is 10.9. The minimum atomic E-state index is 0.636. The molecule has 0 aliphatic heterocycles. The Morgan fingerprint density at radius 3 is 3.06 bits per heavy atom. The Morgan fingerprint density at radius 1 is 1.33 bits per heavy atom. The van der Waals surface area contributed by atoms with E-state index in [2.05, 4.69) is 20.4 Å². The molecule has 0 unspecified atom stereocenters. The number of aryl methyl sites for hydroxylation is 1. The van der Waals surface area contributed by atoms with Crippen molar-refractivity contribution in [3.63, 3.8) is 0 Å². The molecule has 1 N–H and O–H groups in total. The van der Waals surface area contributed by atoms with Gasteiger partial charge in [-0.25, -0.2) is 4.98 Å². The smallest absolute Gasteiger partial charge is 0.254 e. The van der Waals surface area contributed by atoms with Crippen molar-refractivity contribution in [2.45, 2.75) is 26.2 Å². The van der Waals surface area contributed by atoms with Crippen LogP contribution in [0.5, 0.6) is 0 Å². The van der Waals surface area contributed by atoms with Crippen molar-refractivity contribution >= 4 is 11.6 Å². The molecule has 0 bridgehead atoms. The predicted octanol–water partition coefficient (Wildman–Crippen LogP) is 1.66. The minimum absolute atomic E-state index is 0.636. The molecule has 2 heterocycles. The predicted molar refractivity (Wildman–Crippen MR) is 69.7 cm³/mol. The number of fused-ring (bicyclic) bond motifs is 1. The van der Waals surface area contributed by atoms with Gasteiger partial charge in [-0.05, 0) is 26.2 Å². The van der Waals surface area contributed by atoms with Crippen LogP contribution in [-0.2, 0) is 4.74 Å². The molecule has 0 fully saturated rings. The number of ether oxygens (including phenoxy) is 1. The molecular formula is C12H19N5O. The van der Waals surface area contributed by atoms with E-state index in [-0.39, 0.29) is 0 Å². The Labute approximate surface area is 106 Å². The third-order valence-electron chi connectivity index (χ3n) is 2.71. The average molecular weight is 249 g/mol. The topological polar surface area (TPSA) is 64.3 Å². The van der Waals surface area contributed by atoms with Crippen LogP contribution in [0.4, 0.5) is 5.82 Å². The van der Waals surface area contributed by atoms with Crippen molar-refractivity contribution in [3.8, 4) is 0 Å². The third kappa shape index (κ3) is 3.16. The first-order chi connectivity index (χ1) is 8.81. The number of nitrogens with one attached hydrogen (secondary N) is 1. The Morgan fingerprint density at radius 2 is 2.22 bits per heavy atom. The van der Waals surface area contributed by atoms with E-state index in [0.29, 0.717) is 5.78 Å². The van der Waals surface area contributed by atoms with Gasteiger partial charge in [0.05, 0.1) is 0 Å². The second-order valence-electron chi connectivity index (χ2n) is 4.23. The Hall–Kier alpha value is -1.69. The molecule has 98 valence electrons. The fourth-order valence-corrected chi connectivity index (χ4v) is 1.82. The van der Waals surface area contributed by atoms with E-state index in [0.717, 1.165) is 43.9 Å². The summed E-state index contributed by atoms with van der Waals surface area (Å²) in [6.07, 6.45) is 4.89. The van der Waals surface area contributed by atoms with Gasteiger partial charge in [0.1, 0.15) is 12.1 Å². The summed E-state index contributed by atoms with van der Waals surface area (Å²) in [7, 11) is 1.74. The summed E-state index contributed by atoms with van der Waals surface area (Å²) in [5.41, 5.74) is 0.942. The SMILES string of the molecule is COCCCCCNc1cc(C)nc2ncnn12. The van der Waals surface area contributed by atoms with Crippen molar-refractivity contribution in [2.24, 2.45) is 0 Å². The van der Waals surface area contributed by atoms with Crippen molar-refractivity contribution in [1.29, 1.82) is 0 Å². The van der Waals surface area contributed by atoms with Gasteiger partial charge >= 0.3 is 0 Å². The van der Waals surface area contributed by atoms with Gasteiger partial charge in [0.15, 0.2) is 0 Å². The normalized spacial score (nSPS) is 11.0. The summed E-state index contributed by atoms with van der Waals surface area (Å²) in [5, 5.41) is 7.52. The molecule has 6 heteroatoms. The highest BCUT2D eigenvalue weighted by molar-refractivity contribution is 5.44. The van der Waals surface area contributed by atoms with Crippen LogP contribution in [-0.4, -0.2) is 39.8 Å². The van der Waals surface area contributed by atoms with Crippen molar-refractivity contribution in [3.05, 3.63) is 18.1 Å². The fourth-order valence-electron chi connectivity index (χ4n) is 1.82. The first kappa shape index (κ1) is 12.8. The van der Waals surface area contributed by atoms with Crippen LogP contribution < -0.4 is 5.32 Å². The number of rotatable bonds is 7. The summed E-state index contributed by atoms with van der Waals surface area (Å²) >= 11 is 0. The largest absolute Gasteiger partial charge is 0.385 e. The molecule has 2 aromatic rings. The van der Waals surface area contributed by atoms with Gasteiger partial charge in [-0.3, -0.25) is 0 Å². The molecule has 2 aromatic heterocycles. The van der Waals surface area contributed by atoms with Crippen LogP contribution in [0, 0.1) is 6.92 Å². The third-order valence-corrected chi connectivity index (χ3v) is 2.71. The monoisotopic (exact) mass is 249 g/mol. The molecule has 0 saturated carbocycles. The highest BCUT2D eigenvalue weighted by Gasteiger charge is 2.04. The highest BCUT2D eigenvalue weighted by Crippen LogP contribution is 2.10. The number of unbranched alkanes of at least 4 members (excludes halogenated alkanes) is 2. The molecule has 6 nitrogen and oxygen atoms in total. The van der Waals surface area contributed by atoms with Crippen molar-refractivity contribution < 1.29 is 4.74 Å². The van der Waals surface area contributed by atoms with Gasteiger partial charge in [-0.2, -0.15) is 14.6 Å². The maximum atomic E-state index is 5.02. The molecule has 0 atom stereocenters. The summed E-state index contributed by atoms with van der Waals surface area (Å²) in [6, 6.07) is 1.98. The molecule has 18 heavy (non-hydrogen) atoms. The molecular weight excluding hydrogens is 230 g/mol. The van der Waals surface area contributed by atoms with Crippen LogP contribution in [0.15, 0.2) is 12.4 Å². The number of anilines is 1. The maximum absolute atomic E-state index is 5.02. The van der Waals surface area contributed by atoms with Gasteiger partial charge in [0.2, 0.25) is 0 Å². The van der Waals surface area contributed by atoms with E-state index in [4.69, 9.17) is 4.74 Å². The quantitative estimate of drug-likeness (QED) is 0.756. The average Bonchev–Trinajstić information content (AvgIpc) is 2.81. The van der Waals surface area contributed by atoms with Gasteiger partial charge in [0, 0.05) is 32.0 Å². The fraction of sp³-hybridized carbons (Fsp3) is 0.583. The molecule has 0 saturated heterocycles. The van der Waals surface area contributed by atoms with Crippen LogP contribution in [0.2, 0.25) is 0 Å². The van der Waals surface area contributed by atoms with Gasteiger partial charge in [-0.15, -0.1) is 0 Å². The lowest BCUT2D eigenvalue weighted by atomic mass is 10.2. The lowest BCUT2D eigenvalue weighted by Gasteiger charge is -2.08. The number of nitrogens with zero attached hydrogens (tertiary/aromatic N) is 4. The number of methoxy groups -OCH3 is 1. The van der Waals surface area contributed by atoms with E-state index in [1.54, 1.807) is 11.6 Å². The standard InChI is InChI=1S/C12H19N5O/c1-10-8-11(13-6-4-3-5-7-18-2)17-12(16-10)14-9-15-17/h8-9,13H,3-7H2,1-2H3. The second kappa shape index (κ2) is 6.30. The second-order valence-corrected chi connectivity index (χ2v) is 4.23. The molecule has 0 radical (unpaired) electrons. The maximum Gasteiger partial charge on any atom is 0.254 e. The van der Waals surface area contributed by atoms with E-state index in [1.807, 2.05) is 13.0 Å². The Balaban J connectivity index is 1.89. The van der Waals surface area contributed by atoms with Crippen LogP contribution in [0.1, 0.15) is 25.0 Å². The number of hydrogen-bond acceptors (Lipinski definition) is 5. The zero-order chi connectivity index (χ0) is 12.8. The van der Waals surface area contributed by atoms with Crippen LogP contribution in [0.3, 0.4) is 0 Å². The molecule has 0 amide bonds. The van der Waals surface area contributed by atoms with Gasteiger partial charge in [-0.1, -0.05) is 0 Å². The van der Waals surface area contributed by atoms with Gasteiger partial charge < -0.3 is 10.1 Å².